The van der Waals surface area contributed by atoms with Gasteiger partial charge in [-0.1, -0.05) is 0 Å². The average Bonchev–Trinajstić information content (AvgIpc) is 2.05. The zero-order valence-electron chi connectivity index (χ0n) is 7.85. The van der Waals surface area contributed by atoms with E-state index < -0.39 is 6.98 Å². The molecule has 0 aromatic carbocycles. The third-order valence-electron chi connectivity index (χ3n) is 0.688. The Morgan fingerprint density at radius 3 is 3.25 bits per heavy atom. The second-order valence-electron chi connectivity index (χ2n) is 1.21. The molecule has 2 N–H and O–H groups in total. The summed E-state index contributed by atoms with van der Waals surface area (Å²) in [5, 5.41) is 0. The fourth-order valence-electron chi connectivity index (χ4n) is 0.304. The van der Waals surface area contributed by atoms with Gasteiger partial charge in [0, 0.05) is 11.1 Å². The predicted octanol–water partition coefficient (Wildman–Crippen LogP) is 0.765. The van der Waals surface area contributed by atoms with Gasteiger partial charge in [0.1, 0.15) is 4.60 Å². The summed E-state index contributed by atoms with van der Waals surface area (Å²) in [7, 11) is 0. The number of anilines is 1. The molecule has 0 aliphatic carbocycles. The molecule has 0 atom stereocenters. The van der Waals surface area contributed by atoms with Gasteiger partial charge in [-0.3, -0.25) is 0 Å². The van der Waals surface area contributed by atoms with Crippen molar-refractivity contribution < 1.29 is 5.48 Å². The molecule has 1 rings (SSSR count). The van der Waals surface area contributed by atoms with Crippen molar-refractivity contribution in [2.24, 2.45) is 6.98 Å². The van der Waals surface area contributed by atoms with Crippen molar-refractivity contribution in [3.8, 4) is 0 Å². The van der Waals surface area contributed by atoms with Crippen LogP contribution in [0.3, 0.4) is 0 Å². The van der Waals surface area contributed by atoms with Gasteiger partial charge in [-0.15, -0.1) is 0 Å². The lowest BCUT2D eigenvalue weighted by Crippen LogP contribution is -1.96. The summed E-state index contributed by atoms with van der Waals surface area (Å²) in [4.78, 5) is 3.48. The Balaban J connectivity index is 3.32. The third kappa shape index (κ3) is 0.709. The SMILES string of the molecule is [2H]c1nc(N)n(C([2H])([2H])[2H])c1Br. The van der Waals surface area contributed by atoms with Crippen molar-refractivity contribution in [3.05, 3.63) is 10.8 Å². The quantitative estimate of drug-likeness (QED) is 0.640. The molecule has 1 aromatic rings. The van der Waals surface area contributed by atoms with Crippen molar-refractivity contribution >= 4 is 21.9 Å². The van der Waals surface area contributed by atoms with E-state index in [0.717, 1.165) is 4.57 Å². The van der Waals surface area contributed by atoms with Crippen molar-refractivity contribution in [1.29, 1.82) is 0 Å². The molecule has 0 saturated heterocycles. The average molecular weight is 180 g/mol. The van der Waals surface area contributed by atoms with E-state index in [-0.39, 0.29) is 16.7 Å². The number of nitrogens with two attached hydrogens (primary N) is 1. The van der Waals surface area contributed by atoms with Crippen LogP contribution in [0.4, 0.5) is 5.95 Å². The summed E-state index contributed by atoms with van der Waals surface area (Å²) in [6.45, 7) is -2.39. The van der Waals surface area contributed by atoms with Gasteiger partial charge < -0.3 is 10.3 Å². The van der Waals surface area contributed by atoms with Crippen LogP contribution in [0.1, 0.15) is 5.48 Å². The first-order chi connectivity index (χ1) is 5.34. The molecule has 0 amide bonds. The van der Waals surface area contributed by atoms with Crippen LogP contribution in [0.15, 0.2) is 10.8 Å². The first-order valence-corrected chi connectivity index (χ1v) is 2.64. The molecule has 8 heavy (non-hydrogen) atoms. The molecule has 0 bridgehead atoms. The van der Waals surface area contributed by atoms with E-state index in [0.29, 0.717) is 0 Å². The highest BCUT2D eigenvalue weighted by Gasteiger charge is 1.95. The number of aromatic nitrogens is 2. The summed E-state index contributed by atoms with van der Waals surface area (Å²) < 4.78 is 29.1. The maximum Gasteiger partial charge on any atom is 0.200 e. The van der Waals surface area contributed by atoms with Crippen molar-refractivity contribution in [2.45, 2.75) is 0 Å². The molecule has 4 heteroatoms. The summed E-state index contributed by atoms with van der Waals surface area (Å²) >= 11 is 2.91. The zero-order chi connectivity index (χ0) is 9.52. The standard InChI is InChI=1S/C4H6BrN3/c1-8-3(5)2-7-4(8)6/h2H,1H3,(H2,6,7)/i1D3,2D. The Morgan fingerprint density at radius 1 is 2.25 bits per heavy atom. The molecule has 0 saturated carbocycles. The van der Waals surface area contributed by atoms with Crippen LogP contribution in [-0.4, -0.2) is 9.55 Å². The first kappa shape index (κ1) is 2.39. The number of imidazole rings is 1. The molecule has 0 fully saturated rings. The van der Waals surface area contributed by atoms with Crippen LogP contribution in [0, 0.1) is 0 Å². The van der Waals surface area contributed by atoms with Crippen LogP contribution in [0.5, 0.6) is 0 Å². The van der Waals surface area contributed by atoms with Crippen LogP contribution in [0.25, 0.3) is 0 Å². The number of halogens is 1. The topological polar surface area (TPSA) is 43.8 Å². The number of nitrogens with zero attached hydrogens (tertiary/aromatic N) is 2. The maximum absolute atomic E-state index is 7.15. The van der Waals surface area contributed by atoms with Gasteiger partial charge >= 0.3 is 0 Å². The predicted molar refractivity (Wildman–Crippen MR) is 35.3 cm³/mol. The van der Waals surface area contributed by atoms with E-state index in [1.54, 1.807) is 0 Å². The number of hydrogen-bond acceptors (Lipinski definition) is 2. The van der Waals surface area contributed by atoms with Crippen molar-refractivity contribution in [1.82, 2.24) is 9.55 Å². The molecule has 1 aromatic heterocycles. The van der Waals surface area contributed by atoms with Gasteiger partial charge in [-0.25, -0.2) is 4.98 Å². The molecule has 0 spiro atoms. The zero-order valence-corrected chi connectivity index (χ0v) is 5.44. The lowest BCUT2D eigenvalue weighted by molar-refractivity contribution is 0.907. The van der Waals surface area contributed by atoms with Crippen LogP contribution >= 0.6 is 15.9 Å². The smallest absolute Gasteiger partial charge is 0.200 e. The molecular weight excluding hydrogens is 170 g/mol. The Hall–Kier alpha value is -0.510. The number of hydrogen-bond donors (Lipinski definition) is 1. The second kappa shape index (κ2) is 1.78. The van der Waals surface area contributed by atoms with Gasteiger partial charge in [-0.2, -0.15) is 0 Å². The van der Waals surface area contributed by atoms with E-state index in [4.69, 9.17) is 11.2 Å². The lowest BCUT2D eigenvalue weighted by atomic mass is 10.9. The molecule has 44 valence electrons. The minimum absolute atomic E-state index is 0.0694. The Labute approximate surface area is 61.3 Å². The van der Waals surface area contributed by atoms with E-state index >= 15 is 0 Å². The molecule has 0 unspecified atom stereocenters. The van der Waals surface area contributed by atoms with Crippen LogP contribution in [-0.2, 0) is 6.98 Å². The molecular formula is C4H6BrN3. The summed E-state index contributed by atoms with van der Waals surface area (Å²) in [6.07, 6.45) is -0.177. The van der Waals surface area contributed by atoms with E-state index in [1.807, 2.05) is 0 Å². The molecule has 0 aliphatic heterocycles. The number of rotatable bonds is 0. The summed E-state index contributed by atoms with van der Waals surface area (Å²) in [6, 6.07) is 0. The van der Waals surface area contributed by atoms with Gasteiger partial charge in [0.15, 0.2) is 0 Å². The summed E-state index contributed by atoms with van der Waals surface area (Å²) in [5.74, 6) is -0.188. The highest BCUT2D eigenvalue weighted by molar-refractivity contribution is 9.10. The largest absolute Gasteiger partial charge is 0.369 e. The van der Waals surface area contributed by atoms with Gasteiger partial charge in [-0.05, 0) is 15.9 Å². The van der Waals surface area contributed by atoms with Crippen LogP contribution < -0.4 is 5.73 Å². The summed E-state index contributed by atoms with van der Waals surface area (Å²) in [5.41, 5.74) is 5.27. The van der Waals surface area contributed by atoms with E-state index in [2.05, 4.69) is 20.9 Å². The minimum atomic E-state index is -2.39. The van der Waals surface area contributed by atoms with Gasteiger partial charge in [0.2, 0.25) is 5.95 Å². The fourth-order valence-corrected chi connectivity index (χ4v) is 0.574. The highest BCUT2D eigenvalue weighted by Crippen LogP contribution is 2.09. The van der Waals surface area contributed by atoms with Crippen molar-refractivity contribution in [3.63, 3.8) is 0 Å². The Morgan fingerprint density at radius 2 is 3.00 bits per heavy atom. The first-order valence-electron chi connectivity index (χ1n) is 3.85. The highest BCUT2D eigenvalue weighted by atomic mass is 79.9. The Bertz CT molecular complexity index is 304. The Kier molecular flexibility index (Phi) is 0.531. The minimum Gasteiger partial charge on any atom is -0.369 e. The van der Waals surface area contributed by atoms with Gasteiger partial charge in [0.25, 0.3) is 0 Å². The monoisotopic (exact) mass is 179 g/mol. The van der Waals surface area contributed by atoms with Crippen molar-refractivity contribution in [2.75, 3.05) is 5.73 Å². The second-order valence-corrected chi connectivity index (χ2v) is 1.96. The molecule has 0 radical (unpaired) electrons. The molecule has 0 aliphatic rings. The van der Waals surface area contributed by atoms with E-state index in [9.17, 15) is 0 Å². The normalized spacial score (nSPS) is 18.6. The lowest BCUT2D eigenvalue weighted by Gasteiger charge is -1.91. The van der Waals surface area contributed by atoms with E-state index in [1.165, 1.54) is 0 Å². The maximum atomic E-state index is 7.15. The fraction of sp³-hybridized carbons (Fsp3) is 0.250. The molecule has 1 heterocycles. The van der Waals surface area contributed by atoms with Gasteiger partial charge in [0.05, 0.1) is 7.54 Å². The molecule has 3 nitrogen and oxygen atoms in total. The van der Waals surface area contributed by atoms with Crippen LogP contribution in [0.2, 0.25) is 0 Å². The number of nitrogen functional groups attached to an aromatic ring is 1. The third-order valence-corrected chi connectivity index (χ3v) is 1.22.